The molecule has 1 N–H and O–H groups in total. The average Bonchev–Trinajstić information content (AvgIpc) is 2.91. The largest absolute Gasteiger partial charge is 0.354 e. The van der Waals surface area contributed by atoms with Crippen LogP contribution in [0.25, 0.3) is 0 Å². The van der Waals surface area contributed by atoms with Gasteiger partial charge < -0.3 is 10.2 Å². The molecular weight excluding hydrogens is 532 g/mol. The van der Waals surface area contributed by atoms with Gasteiger partial charge in [0, 0.05) is 41.9 Å². The number of carbonyl (C=O) groups is 2. The zero-order valence-corrected chi connectivity index (χ0v) is 23.3. The molecular formula is C30H35BrN2O2S. The van der Waals surface area contributed by atoms with Gasteiger partial charge >= 0.3 is 0 Å². The molecule has 2 amide bonds. The number of thioether (sulfide) groups is 1. The Kier molecular flexibility index (Phi) is 12.1. The molecule has 190 valence electrons. The van der Waals surface area contributed by atoms with Crippen LogP contribution in [0.5, 0.6) is 0 Å². The van der Waals surface area contributed by atoms with Crippen molar-refractivity contribution in [3.05, 3.63) is 106 Å². The molecule has 0 aliphatic rings. The van der Waals surface area contributed by atoms with Crippen LogP contribution >= 0.6 is 27.7 Å². The van der Waals surface area contributed by atoms with E-state index in [4.69, 9.17) is 0 Å². The van der Waals surface area contributed by atoms with Gasteiger partial charge in [-0.25, -0.2) is 0 Å². The van der Waals surface area contributed by atoms with E-state index in [2.05, 4.69) is 40.3 Å². The van der Waals surface area contributed by atoms with E-state index >= 15 is 0 Å². The molecule has 0 spiro atoms. The fourth-order valence-electron chi connectivity index (χ4n) is 3.91. The number of rotatable bonds is 14. The van der Waals surface area contributed by atoms with Crippen molar-refractivity contribution in [1.29, 1.82) is 0 Å². The van der Waals surface area contributed by atoms with Crippen LogP contribution < -0.4 is 5.32 Å². The molecule has 0 heterocycles. The minimum absolute atomic E-state index is 0.00468. The lowest BCUT2D eigenvalue weighted by Crippen LogP contribution is -2.50. The first-order valence-corrected chi connectivity index (χ1v) is 14.5. The Morgan fingerprint density at radius 3 is 2.17 bits per heavy atom. The van der Waals surface area contributed by atoms with Crippen molar-refractivity contribution in [3.8, 4) is 0 Å². The van der Waals surface area contributed by atoms with Crippen molar-refractivity contribution in [2.75, 3.05) is 12.3 Å². The van der Waals surface area contributed by atoms with Gasteiger partial charge in [-0.05, 0) is 35.2 Å². The van der Waals surface area contributed by atoms with E-state index in [1.54, 1.807) is 16.7 Å². The van der Waals surface area contributed by atoms with Crippen LogP contribution in [0.1, 0.15) is 42.9 Å². The lowest BCUT2D eigenvalue weighted by Gasteiger charge is -2.31. The zero-order valence-electron chi connectivity index (χ0n) is 20.9. The first-order valence-electron chi connectivity index (χ1n) is 12.5. The molecule has 0 radical (unpaired) electrons. The summed E-state index contributed by atoms with van der Waals surface area (Å²) in [6, 6.07) is 27.6. The maximum absolute atomic E-state index is 13.6. The minimum Gasteiger partial charge on any atom is -0.354 e. The topological polar surface area (TPSA) is 49.4 Å². The lowest BCUT2D eigenvalue weighted by atomic mass is 10.0. The van der Waals surface area contributed by atoms with Crippen LogP contribution in [0, 0.1) is 0 Å². The summed E-state index contributed by atoms with van der Waals surface area (Å²) >= 11 is 5.23. The highest BCUT2D eigenvalue weighted by molar-refractivity contribution is 9.10. The van der Waals surface area contributed by atoms with Crippen molar-refractivity contribution in [2.45, 2.75) is 50.9 Å². The summed E-state index contributed by atoms with van der Waals surface area (Å²) in [6.07, 6.45) is 2.80. The molecule has 3 rings (SSSR count). The summed E-state index contributed by atoms with van der Waals surface area (Å²) in [4.78, 5) is 28.8. The predicted molar refractivity (Wildman–Crippen MR) is 154 cm³/mol. The second-order valence-corrected chi connectivity index (χ2v) is 10.8. The zero-order chi connectivity index (χ0) is 25.6. The smallest absolute Gasteiger partial charge is 0.243 e. The Bertz CT molecular complexity index is 1060. The molecule has 0 aliphatic heterocycles. The number of nitrogens with zero attached hydrogens (tertiary/aromatic N) is 1. The molecule has 4 nitrogen and oxygen atoms in total. The quantitative estimate of drug-likeness (QED) is 0.223. The number of halogens is 1. The van der Waals surface area contributed by atoms with Gasteiger partial charge in [0.25, 0.3) is 0 Å². The van der Waals surface area contributed by atoms with Crippen LogP contribution in [-0.2, 0) is 28.3 Å². The van der Waals surface area contributed by atoms with Crippen molar-refractivity contribution in [2.24, 2.45) is 0 Å². The molecule has 36 heavy (non-hydrogen) atoms. The maximum Gasteiger partial charge on any atom is 0.243 e. The van der Waals surface area contributed by atoms with Gasteiger partial charge in [-0.15, -0.1) is 0 Å². The monoisotopic (exact) mass is 566 g/mol. The molecule has 1 atom stereocenters. The van der Waals surface area contributed by atoms with Gasteiger partial charge in [-0.3, -0.25) is 9.59 Å². The van der Waals surface area contributed by atoms with E-state index in [0.29, 0.717) is 31.7 Å². The highest BCUT2D eigenvalue weighted by atomic mass is 79.9. The Balaban J connectivity index is 1.77. The fraction of sp³-hybridized carbons (Fsp3) is 0.333. The van der Waals surface area contributed by atoms with Gasteiger partial charge in [0.2, 0.25) is 11.8 Å². The van der Waals surface area contributed by atoms with Gasteiger partial charge in [0.15, 0.2) is 0 Å². The van der Waals surface area contributed by atoms with E-state index in [0.717, 1.165) is 34.2 Å². The van der Waals surface area contributed by atoms with E-state index in [1.165, 1.54) is 5.56 Å². The Labute approximate surface area is 228 Å². The third-order valence-corrected chi connectivity index (χ3v) is 7.50. The lowest BCUT2D eigenvalue weighted by molar-refractivity contribution is -0.141. The van der Waals surface area contributed by atoms with Crippen LogP contribution in [0.15, 0.2) is 89.4 Å². The van der Waals surface area contributed by atoms with Gasteiger partial charge in [0.1, 0.15) is 6.04 Å². The molecule has 0 unspecified atom stereocenters. The normalized spacial score (nSPS) is 11.6. The third-order valence-electron chi connectivity index (χ3n) is 5.94. The number of amides is 2. The van der Waals surface area contributed by atoms with E-state index < -0.39 is 6.04 Å². The molecule has 3 aromatic carbocycles. The second-order valence-electron chi connectivity index (χ2n) is 8.79. The first kappa shape index (κ1) is 28.0. The van der Waals surface area contributed by atoms with Gasteiger partial charge in [-0.2, -0.15) is 11.8 Å². The SMILES string of the molecule is CCCCNC(=O)[C@H](Cc1ccccc1)N(Cc1ccc(Br)cc1)C(=O)CCSCc1ccccc1. The highest BCUT2D eigenvalue weighted by Crippen LogP contribution is 2.19. The predicted octanol–water partition coefficient (Wildman–Crippen LogP) is 6.63. The van der Waals surface area contributed by atoms with E-state index in [-0.39, 0.29) is 11.8 Å². The van der Waals surface area contributed by atoms with Crippen LogP contribution in [-0.4, -0.2) is 35.1 Å². The molecule has 0 aliphatic carbocycles. The second kappa shape index (κ2) is 15.5. The summed E-state index contributed by atoms with van der Waals surface area (Å²) in [5.41, 5.74) is 3.29. The van der Waals surface area contributed by atoms with Crippen LogP contribution in [0.4, 0.5) is 0 Å². The van der Waals surface area contributed by atoms with E-state index in [9.17, 15) is 9.59 Å². The summed E-state index contributed by atoms with van der Waals surface area (Å²) in [6.45, 7) is 3.12. The summed E-state index contributed by atoms with van der Waals surface area (Å²) in [7, 11) is 0. The maximum atomic E-state index is 13.6. The third kappa shape index (κ3) is 9.47. The van der Waals surface area contributed by atoms with E-state index in [1.807, 2.05) is 72.8 Å². The van der Waals surface area contributed by atoms with Gasteiger partial charge in [-0.1, -0.05) is 102 Å². The number of carbonyl (C=O) groups excluding carboxylic acids is 2. The number of hydrogen-bond donors (Lipinski definition) is 1. The number of nitrogens with one attached hydrogen (secondary N) is 1. The molecule has 0 bridgehead atoms. The number of unbranched alkanes of at least 4 members (excludes halogenated alkanes) is 1. The molecule has 0 saturated heterocycles. The Morgan fingerprint density at radius 2 is 1.53 bits per heavy atom. The van der Waals surface area contributed by atoms with Crippen molar-refractivity contribution < 1.29 is 9.59 Å². The molecule has 0 aromatic heterocycles. The Hall–Kier alpha value is -2.57. The molecule has 3 aromatic rings. The minimum atomic E-state index is -0.570. The highest BCUT2D eigenvalue weighted by Gasteiger charge is 2.30. The van der Waals surface area contributed by atoms with Crippen molar-refractivity contribution >= 4 is 39.5 Å². The van der Waals surface area contributed by atoms with Crippen molar-refractivity contribution in [3.63, 3.8) is 0 Å². The Morgan fingerprint density at radius 1 is 0.889 bits per heavy atom. The first-order chi connectivity index (χ1) is 17.6. The average molecular weight is 568 g/mol. The van der Waals surface area contributed by atoms with Crippen LogP contribution in [0.3, 0.4) is 0 Å². The summed E-state index contributed by atoms with van der Waals surface area (Å²) in [5.74, 6) is 1.49. The molecule has 6 heteroatoms. The summed E-state index contributed by atoms with van der Waals surface area (Å²) < 4.78 is 0.986. The molecule has 0 fully saturated rings. The fourth-order valence-corrected chi connectivity index (χ4v) is 5.07. The standard InChI is InChI=1S/C30H35BrN2O2S/c1-2-3-19-32-30(35)28(21-24-10-6-4-7-11-24)33(22-25-14-16-27(31)17-15-25)29(34)18-20-36-23-26-12-8-5-9-13-26/h4-17,28H,2-3,18-23H2,1H3,(H,32,35)/t28-/m0/s1. The number of benzene rings is 3. The van der Waals surface area contributed by atoms with Crippen molar-refractivity contribution in [1.82, 2.24) is 10.2 Å². The van der Waals surface area contributed by atoms with Crippen LogP contribution in [0.2, 0.25) is 0 Å². The summed E-state index contributed by atoms with van der Waals surface area (Å²) in [5, 5.41) is 3.08. The molecule has 0 saturated carbocycles. The number of hydrogen-bond acceptors (Lipinski definition) is 3. The van der Waals surface area contributed by atoms with Gasteiger partial charge in [0.05, 0.1) is 0 Å².